The fourth-order valence-corrected chi connectivity index (χ4v) is 5.49. The highest BCUT2D eigenvalue weighted by atomic mass is 32.1. The maximum absolute atomic E-state index is 13.2. The van der Waals surface area contributed by atoms with Gasteiger partial charge in [-0.3, -0.25) is 19.2 Å². The molecule has 13 heteroatoms. The first kappa shape index (κ1) is 32.1. The van der Waals surface area contributed by atoms with Gasteiger partial charge in [0.05, 0.1) is 19.1 Å². The van der Waals surface area contributed by atoms with Gasteiger partial charge in [0.25, 0.3) is 5.91 Å². The Morgan fingerprint density at radius 2 is 1.85 bits per heavy atom. The molecule has 1 saturated heterocycles. The molecule has 3 heterocycles. The zero-order valence-electron chi connectivity index (χ0n) is 24.1. The van der Waals surface area contributed by atoms with Gasteiger partial charge < -0.3 is 24.8 Å². The number of aliphatic carboxylic acids is 1. The number of ether oxygens (including phenoxy) is 2. The van der Waals surface area contributed by atoms with Gasteiger partial charge in [-0.15, -0.1) is 11.3 Å². The molecule has 41 heavy (non-hydrogen) atoms. The number of carboxylic acid groups (broad SMARTS) is 1. The molecule has 224 valence electrons. The highest BCUT2D eigenvalue weighted by molar-refractivity contribution is 7.09. The lowest BCUT2D eigenvalue weighted by Crippen LogP contribution is -2.44. The van der Waals surface area contributed by atoms with Crippen molar-refractivity contribution in [1.82, 2.24) is 25.2 Å². The van der Waals surface area contributed by atoms with Crippen LogP contribution in [0.5, 0.6) is 0 Å². The number of aromatic nitrogens is 3. The third-order valence-corrected chi connectivity index (χ3v) is 8.00. The van der Waals surface area contributed by atoms with Crippen LogP contribution in [0, 0.1) is 17.8 Å². The second-order valence-corrected chi connectivity index (χ2v) is 11.7. The highest BCUT2D eigenvalue weighted by Crippen LogP contribution is 2.31. The predicted octanol–water partition coefficient (Wildman–Crippen LogP) is 2.90. The van der Waals surface area contributed by atoms with E-state index in [4.69, 9.17) is 9.47 Å². The molecule has 2 aromatic heterocycles. The van der Waals surface area contributed by atoms with E-state index < -0.39 is 35.9 Å². The van der Waals surface area contributed by atoms with Crippen LogP contribution in [0.15, 0.2) is 23.8 Å². The number of nitrogens with zero attached hydrogens (tertiary/aromatic N) is 4. The summed E-state index contributed by atoms with van der Waals surface area (Å²) in [5, 5.41) is 14.3. The summed E-state index contributed by atoms with van der Waals surface area (Å²) in [5.41, 5.74) is 0.125. The molecule has 0 unspecified atom stereocenters. The first-order valence-corrected chi connectivity index (χ1v) is 14.6. The summed E-state index contributed by atoms with van der Waals surface area (Å²) >= 11 is 1.19. The van der Waals surface area contributed by atoms with Crippen molar-refractivity contribution >= 4 is 35.1 Å². The van der Waals surface area contributed by atoms with Gasteiger partial charge in [0.2, 0.25) is 5.91 Å². The van der Waals surface area contributed by atoms with E-state index in [0.717, 1.165) is 0 Å². The van der Waals surface area contributed by atoms with Crippen molar-refractivity contribution in [2.45, 2.75) is 71.6 Å². The molecular weight excluding hydrogens is 550 g/mol. The highest BCUT2D eigenvalue weighted by Gasteiger charge is 2.32. The Hall–Kier alpha value is -3.45. The lowest BCUT2D eigenvalue weighted by atomic mass is 9.95. The SMILES string of the molecule is CC(=O)O[C@H](C[C@H](C(C)C)N(C)C(=O)CC1COC1)c1nc(C(=O)N[C@@H](Cc2ncccn2)C[C@H](C)C(=O)O)cs1. The van der Waals surface area contributed by atoms with Crippen LogP contribution in [0.3, 0.4) is 0 Å². The van der Waals surface area contributed by atoms with Gasteiger partial charge >= 0.3 is 11.9 Å². The first-order valence-electron chi connectivity index (χ1n) is 13.7. The standard InChI is InChI=1S/C28H39N5O7S/c1-16(2)22(33(5)25(35)10-19-13-39-14-19)12-23(40-18(4)34)27-32-21(15-41-27)26(36)31-20(9-17(3)28(37)38)11-24-29-7-6-8-30-24/h6-8,15-17,19-20,22-23H,9-14H2,1-5H3,(H,31,36)(H,37,38)/t17-,20+,22+,23+/m0/s1. The Bertz CT molecular complexity index is 1190. The summed E-state index contributed by atoms with van der Waals surface area (Å²) in [4.78, 5) is 64.2. The monoisotopic (exact) mass is 589 g/mol. The summed E-state index contributed by atoms with van der Waals surface area (Å²) < 4.78 is 10.8. The molecule has 2 N–H and O–H groups in total. The lowest BCUT2D eigenvalue weighted by Gasteiger charge is -2.35. The number of amides is 2. The molecule has 0 saturated carbocycles. The summed E-state index contributed by atoms with van der Waals surface area (Å²) in [6.07, 6.45) is 3.56. The second kappa shape index (κ2) is 15.0. The minimum absolute atomic E-state index is 0.00167. The number of hydrogen-bond donors (Lipinski definition) is 2. The van der Waals surface area contributed by atoms with Crippen LogP contribution in [0.2, 0.25) is 0 Å². The van der Waals surface area contributed by atoms with Crippen LogP contribution in [0.25, 0.3) is 0 Å². The number of carbonyl (C=O) groups is 4. The minimum atomic E-state index is -0.970. The topological polar surface area (TPSA) is 161 Å². The van der Waals surface area contributed by atoms with E-state index in [2.05, 4.69) is 20.3 Å². The number of esters is 1. The predicted molar refractivity (Wildman–Crippen MR) is 150 cm³/mol. The van der Waals surface area contributed by atoms with Crippen LogP contribution in [0.4, 0.5) is 0 Å². The van der Waals surface area contributed by atoms with Crippen LogP contribution in [0.1, 0.15) is 74.4 Å². The summed E-state index contributed by atoms with van der Waals surface area (Å²) in [5.74, 6) is -1.88. The Morgan fingerprint density at radius 3 is 2.41 bits per heavy atom. The minimum Gasteiger partial charge on any atom is -0.481 e. The fraction of sp³-hybridized carbons (Fsp3) is 0.607. The maximum Gasteiger partial charge on any atom is 0.306 e. The van der Waals surface area contributed by atoms with Crippen molar-refractivity contribution in [2.24, 2.45) is 17.8 Å². The van der Waals surface area contributed by atoms with Crippen molar-refractivity contribution < 1.29 is 33.8 Å². The number of thiazole rings is 1. The van der Waals surface area contributed by atoms with E-state index in [1.807, 2.05) is 13.8 Å². The van der Waals surface area contributed by atoms with E-state index in [-0.39, 0.29) is 42.3 Å². The number of carboxylic acids is 1. The van der Waals surface area contributed by atoms with Crippen molar-refractivity contribution in [3.63, 3.8) is 0 Å². The summed E-state index contributed by atoms with van der Waals surface area (Å²) in [6, 6.07) is 0.895. The van der Waals surface area contributed by atoms with Crippen LogP contribution in [-0.2, 0) is 30.3 Å². The average molecular weight is 590 g/mol. The maximum atomic E-state index is 13.2. The van der Waals surface area contributed by atoms with Gasteiger partial charge in [-0.05, 0) is 18.4 Å². The van der Waals surface area contributed by atoms with Gasteiger partial charge in [-0.25, -0.2) is 15.0 Å². The number of rotatable bonds is 15. The molecule has 2 aromatic rings. The molecule has 0 aliphatic carbocycles. The van der Waals surface area contributed by atoms with Crippen molar-refractivity contribution in [1.29, 1.82) is 0 Å². The van der Waals surface area contributed by atoms with Gasteiger partial charge in [0.15, 0.2) is 6.10 Å². The number of hydrogen-bond acceptors (Lipinski definition) is 10. The Morgan fingerprint density at radius 1 is 1.17 bits per heavy atom. The van der Waals surface area contributed by atoms with Gasteiger partial charge in [-0.2, -0.15) is 0 Å². The first-order chi connectivity index (χ1) is 19.4. The largest absolute Gasteiger partial charge is 0.481 e. The van der Waals surface area contributed by atoms with E-state index in [1.54, 1.807) is 42.7 Å². The molecule has 0 bridgehead atoms. The van der Waals surface area contributed by atoms with Crippen LogP contribution >= 0.6 is 11.3 Å². The third-order valence-electron chi connectivity index (χ3n) is 7.07. The molecule has 1 fully saturated rings. The third kappa shape index (κ3) is 9.56. The molecule has 1 aliphatic heterocycles. The summed E-state index contributed by atoms with van der Waals surface area (Å²) in [7, 11) is 1.76. The van der Waals surface area contributed by atoms with Gasteiger partial charge in [0.1, 0.15) is 16.5 Å². The van der Waals surface area contributed by atoms with Gasteiger partial charge in [-0.1, -0.05) is 20.8 Å². The smallest absolute Gasteiger partial charge is 0.306 e. The summed E-state index contributed by atoms with van der Waals surface area (Å²) in [6.45, 7) is 8.05. The van der Waals surface area contributed by atoms with Crippen molar-refractivity contribution in [3.8, 4) is 0 Å². The van der Waals surface area contributed by atoms with Crippen LogP contribution in [-0.4, -0.2) is 81.1 Å². The molecule has 0 aromatic carbocycles. The zero-order valence-corrected chi connectivity index (χ0v) is 24.9. The molecule has 2 amide bonds. The number of nitrogens with one attached hydrogen (secondary N) is 1. The van der Waals surface area contributed by atoms with E-state index in [0.29, 0.717) is 36.9 Å². The molecule has 0 spiro atoms. The van der Waals surface area contributed by atoms with Crippen molar-refractivity contribution in [2.75, 3.05) is 20.3 Å². The average Bonchev–Trinajstić information content (AvgIpc) is 3.38. The van der Waals surface area contributed by atoms with Gasteiger partial charge in [0, 0.05) is 69.0 Å². The van der Waals surface area contributed by atoms with E-state index in [9.17, 15) is 24.3 Å². The molecule has 1 aliphatic rings. The molecule has 3 rings (SSSR count). The lowest BCUT2D eigenvalue weighted by molar-refractivity contribution is -0.149. The number of carbonyl (C=O) groups excluding carboxylic acids is 3. The molecule has 0 radical (unpaired) electrons. The van der Waals surface area contributed by atoms with E-state index >= 15 is 0 Å². The van der Waals surface area contributed by atoms with E-state index in [1.165, 1.54) is 18.3 Å². The second-order valence-electron chi connectivity index (χ2n) is 10.8. The molecule has 12 nitrogen and oxygen atoms in total. The zero-order chi connectivity index (χ0) is 30.1. The normalized spacial score (nSPS) is 16.2. The quantitative estimate of drug-likeness (QED) is 0.296. The Labute approximate surface area is 243 Å². The Kier molecular flexibility index (Phi) is 11.7. The fourth-order valence-electron chi connectivity index (χ4n) is 4.65. The molecular formula is C28H39N5O7S. The molecule has 4 atom stereocenters. The van der Waals surface area contributed by atoms with Crippen LogP contribution < -0.4 is 5.32 Å². The van der Waals surface area contributed by atoms with Crippen molar-refractivity contribution in [3.05, 3.63) is 40.4 Å². The Balaban J connectivity index is 1.75.